The van der Waals surface area contributed by atoms with Gasteiger partial charge in [-0.2, -0.15) is 0 Å². The van der Waals surface area contributed by atoms with Gasteiger partial charge in [-0.1, -0.05) is 18.2 Å². The fraction of sp³-hybridized carbons (Fsp3) is 0.366. The number of methoxy groups -OCH3 is 1. The Morgan fingerprint density at radius 2 is 1.80 bits per heavy atom. The van der Waals surface area contributed by atoms with Crippen molar-refractivity contribution in [1.29, 1.82) is 0 Å². The van der Waals surface area contributed by atoms with Gasteiger partial charge in [-0.05, 0) is 55.5 Å². The number of anilines is 1. The minimum atomic E-state index is -0.564. The number of nitrogens with two attached hydrogens (primary N) is 2. The highest BCUT2D eigenvalue weighted by Crippen LogP contribution is 2.40. The zero-order chi connectivity index (χ0) is 37.8. The van der Waals surface area contributed by atoms with Gasteiger partial charge in [0.05, 0.1) is 44.8 Å². The normalized spacial score (nSPS) is 19.6. The van der Waals surface area contributed by atoms with Crippen LogP contribution in [-0.4, -0.2) is 86.7 Å². The van der Waals surface area contributed by atoms with Crippen molar-refractivity contribution >= 4 is 28.9 Å². The zero-order valence-corrected chi connectivity index (χ0v) is 30.4. The minimum Gasteiger partial charge on any atom is -0.493 e. The van der Waals surface area contributed by atoms with E-state index in [1.165, 1.54) is 6.07 Å². The van der Waals surface area contributed by atoms with Gasteiger partial charge in [-0.25, -0.2) is 9.37 Å². The van der Waals surface area contributed by atoms with E-state index in [1.54, 1.807) is 44.8 Å². The molecule has 4 aliphatic heterocycles. The lowest BCUT2D eigenvalue weighted by Gasteiger charge is -2.36. The lowest BCUT2D eigenvalue weighted by Crippen LogP contribution is -2.34. The molecule has 13 heteroatoms. The number of nitrogen functional groups attached to an aromatic ring is 1. The van der Waals surface area contributed by atoms with Crippen LogP contribution in [0.15, 0.2) is 82.8 Å². The summed E-state index contributed by atoms with van der Waals surface area (Å²) in [6.45, 7) is 5.42. The molecule has 2 saturated heterocycles. The number of hydrogen-bond donors (Lipinski definition) is 2. The largest absolute Gasteiger partial charge is 0.493 e. The van der Waals surface area contributed by atoms with E-state index in [0.29, 0.717) is 103 Å². The first-order valence-corrected chi connectivity index (χ1v) is 18.1. The molecule has 12 nitrogen and oxygen atoms in total. The minimum absolute atomic E-state index is 0.0636. The van der Waals surface area contributed by atoms with Crippen molar-refractivity contribution in [1.82, 2.24) is 9.88 Å². The number of carbonyl (C=O) groups is 2. The molecule has 3 aromatic rings. The number of allylic oxidation sites excluding steroid dienone is 2. The van der Waals surface area contributed by atoms with Gasteiger partial charge in [0.25, 0.3) is 0 Å². The number of amides is 1. The molecule has 1 aromatic heterocycles. The number of halogens is 1. The Labute approximate surface area is 313 Å². The number of nitrogens with zero attached hydrogens (tertiary/aromatic N) is 3. The van der Waals surface area contributed by atoms with E-state index in [9.17, 15) is 9.59 Å². The van der Waals surface area contributed by atoms with Crippen LogP contribution in [0.2, 0.25) is 0 Å². The molecule has 0 aliphatic carbocycles. The fourth-order valence-electron chi connectivity index (χ4n) is 7.11. The number of Topliss-reactive ketones (excluding diaryl/α,β-unsaturated/α-hetero) is 1. The smallest absolute Gasteiger partial charge is 0.246 e. The fourth-order valence-corrected chi connectivity index (χ4v) is 7.11. The highest BCUT2D eigenvalue weighted by molar-refractivity contribution is 6.20. The maximum atomic E-state index is 16.5. The Balaban J connectivity index is 1.23. The summed E-state index contributed by atoms with van der Waals surface area (Å²) >= 11 is 0. The van der Waals surface area contributed by atoms with Crippen molar-refractivity contribution in [2.45, 2.75) is 38.7 Å². The number of aromatic nitrogens is 1. The average Bonchev–Trinajstić information content (AvgIpc) is 3.19. The molecule has 0 saturated carbocycles. The first-order chi connectivity index (χ1) is 26.2. The van der Waals surface area contributed by atoms with Gasteiger partial charge in [0.1, 0.15) is 24.3 Å². The topological polar surface area (TPSA) is 161 Å². The van der Waals surface area contributed by atoms with Crippen molar-refractivity contribution < 1.29 is 37.7 Å². The Kier molecular flexibility index (Phi) is 11.2. The number of ether oxygens (including phenoxy) is 5. The van der Waals surface area contributed by atoms with Gasteiger partial charge in [0, 0.05) is 83.7 Å². The van der Waals surface area contributed by atoms with Crippen molar-refractivity contribution in [3.63, 3.8) is 0 Å². The van der Waals surface area contributed by atoms with Gasteiger partial charge in [-0.15, -0.1) is 0 Å². The van der Waals surface area contributed by atoms with E-state index < -0.39 is 11.7 Å². The predicted molar refractivity (Wildman–Crippen MR) is 202 cm³/mol. The second-order valence-corrected chi connectivity index (χ2v) is 13.8. The third kappa shape index (κ3) is 8.08. The summed E-state index contributed by atoms with van der Waals surface area (Å²) in [6.07, 6.45) is 6.66. The number of hydrogen-bond acceptors (Lipinski definition) is 11. The molecule has 282 valence electrons. The Hall–Kier alpha value is -5.37. The summed E-state index contributed by atoms with van der Waals surface area (Å²) < 4.78 is 44.9. The van der Waals surface area contributed by atoms with Crippen LogP contribution in [0.25, 0.3) is 28.0 Å². The van der Waals surface area contributed by atoms with Crippen molar-refractivity contribution in [2.75, 3.05) is 59.0 Å². The van der Waals surface area contributed by atoms with Gasteiger partial charge >= 0.3 is 0 Å². The number of pyridine rings is 1. The molecule has 4 N–H and O–H groups in total. The van der Waals surface area contributed by atoms with Crippen LogP contribution in [-0.2, 0) is 23.8 Å². The van der Waals surface area contributed by atoms with Crippen LogP contribution in [0, 0.1) is 11.7 Å². The quantitative estimate of drug-likeness (QED) is 0.258. The Morgan fingerprint density at radius 1 is 0.981 bits per heavy atom. The molecule has 7 rings (SSSR count). The molecule has 2 fully saturated rings. The number of primary amides is 1. The van der Waals surface area contributed by atoms with Crippen LogP contribution in [0.5, 0.6) is 11.5 Å². The molecular formula is C41H44FN5O7. The molecule has 0 bridgehead atoms. The maximum Gasteiger partial charge on any atom is 0.246 e. The molecule has 54 heavy (non-hydrogen) atoms. The molecule has 0 spiro atoms. The first-order valence-electron chi connectivity index (χ1n) is 18.1. The molecule has 0 radical (unpaired) electrons. The number of rotatable bonds is 11. The van der Waals surface area contributed by atoms with Gasteiger partial charge in [0.15, 0.2) is 17.3 Å². The predicted octanol–water partition coefficient (Wildman–Crippen LogP) is 5.47. The summed E-state index contributed by atoms with van der Waals surface area (Å²) in [7, 11) is 1.56. The molecule has 5 heterocycles. The summed E-state index contributed by atoms with van der Waals surface area (Å²) in [5.41, 5.74) is 17.7. The zero-order valence-electron chi connectivity index (χ0n) is 30.4. The molecule has 1 atom stereocenters. The third-order valence-electron chi connectivity index (χ3n) is 10.2. The van der Waals surface area contributed by atoms with Crippen LogP contribution < -0.4 is 20.9 Å². The number of aliphatic imine (C=N–C) groups is 1. The standard InChI is InChI=1S/C41H44FN5O7/c1-24-18-45-35(17-36(24)48)33-14-29(41(44)49)21-47(20-25-7-9-51-10-8-25)39(33)27-3-5-31(34(42)15-27)32-13-28(19-46-40(32)43)26-4-6-37(38(16-26)50-2)54-23-30-22-52-11-12-53-30/h3-6,13,15-16,18-19,21,25,30H,7-12,14,17,20,22-23H2,1-2H3,(H2,43,46)(H2,44,49)/t30-/m1/s1. The SMILES string of the molecule is COc1cc(-c2cnc(N)c(-c3ccc(C4=C(C5=NC=C(C)C(=O)C5)CC(C(N)=O)=CN4CC4CCOCC4)cc3F)c2)ccc1OC[C@H]1COCCO1. The monoisotopic (exact) mass is 737 g/mol. The lowest BCUT2D eigenvalue weighted by atomic mass is 9.87. The van der Waals surface area contributed by atoms with E-state index in [-0.39, 0.29) is 42.0 Å². The number of carbonyl (C=O) groups excluding carboxylic acids is 2. The van der Waals surface area contributed by atoms with E-state index in [1.807, 2.05) is 29.2 Å². The van der Waals surface area contributed by atoms with Crippen molar-refractivity contribution in [2.24, 2.45) is 16.6 Å². The average molecular weight is 738 g/mol. The van der Waals surface area contributed by atoms with Crippen LogP contribution >= 0.6 is 0 Å². The molecule has 0 unspecified atom stereocenters. The van der Waals surface area contributed by atoms with Crippen LogP contribution in [0.1, 0.15) is 38.2 Å². The van der Waals surface area contributed by atoms with Crippen LogP contribution in [0.3, 0.4) is 0 Å². The van der Waals surface area contributed by atoms with Gasteiger partial charge < -0.3 is 40.1 Å². The lowest BCUT2D eigenvalue weighted by molar-refractivity contribution is -0.115. The highest BCUT2D eigenvalue weighted by atomic mass is 19.1. The highest BCUT2D eigenvalue weighted by Gasteiger charge is 2.31. The second kappa shape index (κ2) is 16.3. The molecular weight excluding hydrogens is 693 g/mol. The Morgan fingerprint density at radius 3 is 2.52 bits per heavy atom. The second-order valence-electron chi connectivity index (χ2n) is 13.8. The van der Waals surface area contributed by atoms with Crippen molar-refractivity contribution in [3.05, 3.63) is 89.2 Å². The van der Waals surface area contributed by atoms with Crippen molar-refractivity contribution in [3.8, 4) is 33.8 Å². The Bertz CT molecular complexity index is 2060. The van der Waals surface area contributed by atoms with Gasteiger partial charge in [-0.3, -0.25) is 14.6 Å². The summed E-state index contributed by atoms with van der Waals surface area (Å²) in [6, 6.07) is 12.3. The third-order valence-corrected chi connectivity index (χ3v) is 10.2. The van der Waals surface area contributed by atoms with E-state index in [2.05, 4.69) is 9.98 Å². The number of benzene rings is 2. The maximum absolute atomic E-state index is 16.5. The van der Waals surface area contributed by atoms with Gasteiger partial charge in [0.2, 0.25) is 5.91 Å². The molecule has 4 aliphatic rings. The summed E-state index contributed by atoms with van der Waals surface area (Å²) in [5.74, 6) is 0.343. The molecule has 1 amide bonds. The number of ketones is 1. The first kappa shape index (κ1) is 37.0. The molecule has 2 aromatic carbocycles. The van der Waals surface area contributed by atoms with E-state index >= 15 is 4.39 Å². The summed E-state index contributed by atoms with van der Waals surface area (Å²) in [4.78, 5) is 36.5. The van der Waals surface area contributed by atoms with E-state index in [4.69, 9.17) is 35.2 Å². The van der Waals surface area contributed by atoms with E-state index in [0.717, 1.165) is 18.4 Å². The summed E-state index contributed by atoms with van der Waals surface area (Å²) in [5, 5.41) is 0. The van der Waals surface area contributed by atoms with Crippen LogP contribution in [0.4, 0.5) is 10.2 Å².